The molecule has 1 aromatic carbocycles. The molecule has 1 amide bonds. The number of hydrogen-bond acceptors (Lipinski definition) is 2. The molecule has 0 radical (unpaired) electrons. The van der Waals surface area contributed by atoms with Crippen LogP contribution in [0.25, 0.3) is 0 Å². The van der Waals surface area contributed by atoms with Gasteiger partial charge < -0.3 is 4.90 Å². The van der Waals surface area contributed by atoms with Crippen LogP contribution in [0.1, 0.15) is 35.2 Å². The van der Waals surface area contributed by atoms with Crippen LogP contribution in [0.4, 0.5) is 0 Å². The summed E-state index contributed by atoms with van der Waals surface area (Å²) < 4.78 is 0. The topological polar surface area (TPSA) is 33.2 Å². The molecule has 22 heavy (non-hydrogen) atoms. The fraction of sp³-hybridized carbons (Fsp3) is 0.368. The van der Waals surface area contributed by atoms with Gasteiger partial charge in [0.25, 0.3) is 5.91 Å². The van der Waals surface area contributed by atoms with E-state index in [-0.39, 0.29) is 5.91 Å². The maximum Gasteiger partial charge on any atom is 0.255 e. The van der Waals surface area contributed by atoms with E-state index in [1.165, 1.54) is 12.0 Å². The van der Waals surface area contributed by atoms with Crippen LogP contribution in [0.15, 0.2) is 54.9 Å². The maximum absolute atomic E-state index is 12.5. The first-order valence-electron chi connectivity index (χ1n) is 8.06. The molecule has 0 saturated carbocycles. The number of piperidine rings is 1. The van der Waals surface area contributed by atoms with Crippen LogP contribution in [0.5, 0.6) is 0 Å². The normalized spacial score (nSPS) is 18.2. The first kappa shape index (κ1) is 14.8. The highest BCUT2D eigenvalue weighted by molar-refractivity contribution is 5.93. The van der Waals surface area contributed by atoms with Gasteiger partial charge >= 0.3 is 0 Å². The molecule has 1 atom stereocenters. The van der Waals surface area contributed by atoms with Crippen molar-refractivity contribution in [3.8, 4) is 0 Å². The zero-order valence-corrected chi connectivity index (χ0v) is 12.8. The fourth-order valence-corrected chi connectivity index (χ4v) is 3.17. The van der Waals surface area contributed by atoms with Crippen LogP contribution in [-0.2, 0) is 6.42 Å². The van der Waals surface area contributed by atoms with Gasteiger partial charge in [0.05, 0.1) is 5.56 Å². The Balaban J connectivity index is 1.56. The second kappa shape index (κ2) is 7.21. The molecule has 1 fully saturated rings. The van der Waals surface area contributed by atoms with E-state index >= 15 is 0 Å². The van der Waals surface area contributed by atoms with Crippen LogP contribution in [0.2, 0.25) is 0 Å². The lowest BCUT2D eigenvalue weighted by atomic mass is 9.91. The fourth-order valence-electron chi connectivity index (χ4n) is 3.17. The molecule has 0 aliphatic carbocycles. The third-order valence-corrected chi connectivity index (χ3v) is 4.40. The number of rotatable bonds is 4. The summed E-state index contributed by atoms with van der Waals surface area (Å²) in [7, 11) is 0. The standard InChI is InChI=1S/C19H22N2O/c22-19(18-9-4-12-20-14-18)21-13-5-8-17(15-21)11-10-16-6-2-1-3-7-16/h1-4,6-7,9,12,14,17H,5,8,10-11,13,15H2/t17-/m1/s1. The van der Waals surface area contributed by atoms with E-state index in [9.17, 15) is 4.79 Å². The quantitative estimate of drug-likeness (QED) is 0.863. The van der Waals surface area contributed by atoms with Crippen LogP contribution < -0.4 is 0 Å². The SMILES string of the molecule is O=C(c1cccnc1)N1CCC[C@H](CCc2ccccc2)C1. The summed E-state index contributed by atoms with van der Waals surface area (Å²) >= 11 is 0. The second-order valence-electron chi connectivity index (χ2n) is 6.03. The molecule has 2 heterocycles. The Hall–Kier alpha value is -2.16. The van der Waals surface area contributed by atoms with Crippen molar-refractivity contribution in [3.63, 3.8) is 0 Å². The summed E-state index contributed by atoms with van der Waals surface area (Å²) in [6.07, 6.45) is 7.95. The van der Waals surface area contributed by atoms with Crippen molar-refractivity contribution in [1.82, 2.24) is 9.88 Å². The summed E-state index contributed by atoms with van der Waals surface area (Å²) in [5.74, 6) is 0.729. The molecule has 1 aliphatic rings. The molecule has 1 saturated heterocycles. The Labute approximate surface area is 132 Å². The Morgan fingerprint density at radius 2 is 2.05 bits per heavy atom. The van der Waals surface area contributed by atoms with E-state index < -0.39 is 0 Å². The number of hydrogen-bond donors (Lipinski definition) is 0. The number of pyridine rings is 1. The zero-order valence-electron chi connectivity index (χ0n) is 12.8. The van der Waals surface area contributed by atoms with Crippen LogP contribution in [0, 0.1) is 5.92 Å². The average Bonchev–Trinajstić information content (AvgIpc) is 2.61. The van der Waals surface area contributed by atoms with E-state index in [1.807, 2.05) is 17.0 Å². The number of carbonyl (C=O) groups excluding carboxylic acids is 1. The largest absolute Gasteiger partial charge is 0.338 e. The summed E-state index contributed by atoms with van der Waals surface area (Å²) in [6.45, 7) is 1.75. The number of carbonyl (C=O) groups is 1. The van der Waals surface area contributed by atoms with E-state index in [2.05, 4.69) is 35.3 Å². The zero-order chi connectivity index (χ0) is 15.2. The minimum Gasteiger partial charge on any atom is -0.338 e. The number of aromatic nitrogens is 1. The van der Waals surface area contributed by atoms with Crippen molar-refractivity contribution in [3.05, 3.63) is 66.0 Å². The number of likely N-dealkylation sites (tertiary alicyclic amines) is 1. The highest BCUT2D eigenvalue weighted by Crippen LogP contribution is 2.22. The van der Waals surface area contributed by atoms with Gasteiger partial charge in [0, 0.05) is 25.5 Å². The molecular weight excluding hydrogens is 272 g/mol. The highest BCUT2D eigenvalue weighted by Gasteiger charge is 2.24. The van der Waals surface area contributed by atoms with Gasteiger partial charge in [-0.05, 0) is 49.3 Å². The van der Waals surface area contributed by atoms with Crippen molar-refractivity contribution in [2.45, 2.75) is 25.7 Å². The van der Waals surface area contributed by atoms with Crippen LogP contribution in [0.3, 0.4) is 0 Å². The lowest BCUT2D eigenvalue weighted by Gasteiger charge is -2.33. The van der Waals surface area contributed by atoms with Crippen molar-refractivity contribution in [2.24, 2.45) is 5.92 Å². The number of aryl methyl sites for hydroxylation is 1. The van der Waals surface area contributed by atoms with E-state index in [1.54, 1.807) is 12.4 Å². The first-order valence-corrected chi connectivity index (χ1v) is 8.06. The van der Waals surface area contributed by atoms with Crippen molar-refractivity contribution in [2.75, 3.05) is 13.1 Å². The molecule has 3 rings (SSSR count). The molecule has 1 aromatic heterocycles. The van der Waals surface area contributed by atoms with E-state index in [0.29, 0.717) is 11.5 Å². The van der Waals surface area contributed by atoms with E-state index in [0.717, 1.165) is 32.4 Å². The molecule has 0 unspecified atom stereocenters. The molecule has 3 heteroatoms. The lowest BCUT2D eigenvalue weighted by Crippen LogP contribution is -2.40. The number of benzene rings is 1. The number of amides is 1. The third kappa shape index (κ3) is 3.73. The summed E-state index contributed by atoms with van der Waals surface area (Å²) in [5.41, 5.74) is 2.09. The van der Waals surface area contributed by atoms with Crippen molar-refractivity contribution < 1.29 is 4.79 Å². The predicted octanol–water partition coefficient (Wildman–Crippen LogP) is 3.57. The molecule has 114 valence electrons. The average molecular weight is 294 g/mol. The first-order chi connectivity index (χ1) is 10.8. The number of nitrogens with zero attached hydrogens (tertiary/aromatic N) is 2. The molecule has 0 N–H and O–H groups in total. The molecule has 0 bridgehead atoms. The van der Waals surface area contributed by atoms with Gasteiger partial charge in [0.2, 0.25) is 0 Å². The van der Waals surface area contributed by atoms with Gasteiger partial charge in [0.1, 0.15) is 0 Å². The Morgan fingerprint density at radius 3 is 2.82 bits per heavy atom. The van der Waals surface area contributed by atoms with Gasteiger partial charge in [0.15, 0.2) is 0 Å². The lowest BCUT2D eigenvalue weighted by molar-refractivity contribution is 0.0668. The minimum absolute atomic E-state index is 0.123. The van der Waals surface area contributed by atoms with Crippen LogP contribution in [-0.4, -0.2) is 28.9 Å². The Kier molecular flexibility index (Phi) is 4.84. The maximum atomic E-state index is 12.5. The second-order valence-corrected chi connectivity index (χ2v) is 6.03. The Morgan fingerprint density at radius 1 is 1.18 bits per heavy atom. The minimum atomic E-state index is 0.123. The van der Waals surface area contributed by atoms with E-state index in [4.69, 9.17) is 0 Å². The predicted molar refractivity (Wildman–Crippen MR) is 87.6 cm³/mol. The molecule has 2 aromatic rings. The van der Waals surface area contributed by atoms with Gasteiger partial charge in [-0.2, -0.15) is 0 Å². The molecule has 1 aliphatic heterocycles. The van der Waals surface area contributed by atoms with Gasteiger partial charge in [-0.1, -0.05) is 30.3 Å². The van der Waals surface area contributed by atoms with Gasteiger partial charge in [-0.15, -0.1) is 0 Å². The summed E-state index contributed by atoms with van der Waals surface area (Å²) in [5, 5.41) is 0. The molecule has 0 spiro atoms. The van der Waals surface area contributed by atoms with Gasteiger partial charge in [-0.3, -0.25) is 9.78 Å². The highest BCUT2D eigenvalue weighted by atomic mass is 16.2. The van der Waals surface area contributed by atoms with Crippen molar-refractivity contribution >= 4 is 5.91 Å². The van der Waals surface area contributed by atoms with Crippen molar-refractivity contribution in [1.29, 1.82) is 0 Å². The summed E-state index contributed by atoms with van der Waals surface area (Å²) in [6, 6.07) is 14.3. The molecular formula is C19H22N2O. The smallest absolute Gasteiger partial charge is 0.255 e. The monoisotopic (exact) mass is 294 g/mol. The van der Waals surface area contributed by atoms with Gasteiger partial charge in [-0.25, -0.2) is 0 Å². The summed E-state index contributed by atoms with van der Waals surface area (Å²) in [4.78, 5) is 18.5. The third-order valence-electron chi connectivity index (χ3n) is 4.40. The van der Waals surface area contributed by atoms with Crippen LogP contribution >= 0.6 is 0 Å². The Bertz CT molecular complexity index is 597. The molecule has 3 nitrogen and oxygen atoms in total.